The molecular formula is C35H39F7O5. The third kappa shape index (κ3) is 11.4. The number of carbonyl (C=O) groups is 1. The van der Waals surface area contributed by atoms with Crippen LogP contribution in [0.3, 0.4) is 0 Å². The fourth-order valence-electron chi connectivity index (χ4n) is 4.44. The molecule has 0 heterocycles. The first-order valence-electron chi connectivity index (χ1n) is 15.5. The molecule has 0 aromatic heterocycles. The molecule has 0 aliphatic heterocycles. The molecule has 0 radical (unpaired) electrons. The van der Waals surface area contributed by atoms with Crippen molar-refractivity contribution in [2.45, 2.75) is 82.9 Å². The first-order valence-corrected chi connectivity index (χ1v) is 15.5. The molecule has 12 heteroatoms. The molecule has 0 aliphatic carbocycles. The highest BCUT2D eigenvalue weighted by Gasteiger charge is 2.72. The second-order valence-corrected chi connectivity index (χ2v) is 11.1. The molecule has 0 spiro atoms. The molecule has 3 aromatic rings. The summed E-state index contributed by atoms with van der Waals surface area (Å²) in [5.41, 5.74) is 2.11. The number of benzene rings is 3. The van der Waals surface area contributed by atoms with Crippen molar-refractivity contribution in [3.63, 3.8) is 0 Å². The fourth-order valence-corrected chi connectivity index (χ4v) is 4.44. The second kappa shape index (κ2) is 17.4. The van der Waals surface area contributed by atoms with Crippen LogP contribution in [0.4, 0.5) is 30.7 Å². The van der Waals surface area contributed by atoms with Gasteiger partial charge in [0.25, 0.3) is 0 Å². The number of carbonyl (C=O) groups excluding carboxylic acids is 1. The monoisotopic (exact) mass is 672 g/mol. The molecule has 0 saturated carbocycles. The Kier molecular flexibility index (Phi) is 13.9. The van der Waals surface area contributed by atoms with Crippen LogP contribution in [0.1, 0.15) is 69.2 Å². The number of hydrogen-bond acceptors (Lipinski definition) is 5. The average molecular weight is 673 g/mol. The lowest BCUT2D eigenvalue weighted by molar-refractivity contribution is -0.361. The van der Waals surface area contributed by atoms with Gasteiger partial charge in [-0.3, -0.25) is 0 Å². The number of alkyl halides is 7. The highest BCUT2D eigenvalue weighted by atomic mass is 19.4. The molecule has 47 heavy (non-hydrogen) atoms. The maximum absolute atomic E-state index is 13.2. The van der Waals surface area contributed by atoms with Crippen molar-refractivity contribution in [1.82, 2.24) is 0 Å². The zero-order chi connectivity index (χ0) is 34.5. The average Bonchev–Trinajstić information content (AvgIpc) is 3.03. The summed E-state index contributed by atoms with van der Waals surface area (Å²) in [7, 11) is 0. The molecule has 1 atom stereocenters. The standard InChI is InChI=1S/C35H39F7O5/c1-3-4-5-6-9-25(2)46-30-20-14-28(15-21-30)32(43)47-31-18-12-27(13-19-31)26-10-16-29(17-11-26)45-23-8-7-22-44-24-33(36,37)34(38,39)35(40,41)42/h10-21,25H,3-9,22-24H2,1-2H3/t25-/m0/s1. The van der Waals surface area contributed by atoms with Gasteiger partial charge < -0.3 is 18.9 Å². The van der Waals surface area contributed by atoms with Crippen LogP contribution in [0.2, 0.25) is 0 Å². The maximum Gasteiger partial charge on any atom is 0.459 e. The SMILES string of the molecule is CCCCCC[C@H](C)Oc1ccc(C(=O)Oc2ccc(-c3ccc(OCCCCOCC(F)(F)C(F)(F)C(F)(F)F)cc3)cc2)cc1. The maximum atomic E-state index is 13.2. The summed E-state index contributed by atoms with van der Waals surface area (Å²) in [4.78, 5) is 12.6. The molecule has 0 fully saturated rings. The minimum Gasteiger partial charge on any atom is -0.494 e. The summed E-state index contributed by atoms with van der Waals surface area (Å²) >= 11 is 0. The molecule has 0 saturated heterocycles. The minimum absolute atomic E-state index is 0.0884. The molecular weight excluding hydrogens is 633 g/mol. The largest absolute Gasteiger partial charge is 0.494 e. The van der Waals surface area contributed by atoms with Gasteiger partial charge in [-0.25, -0.2) is 4.79 Å². The van der Waals surface area contributed by atoms with Crippen LogP contribution in [0, 0.1) is 0 Å². The van der Waals surface area contributed by atoms with Crippen molar-refractivity contribution in [3.05, 3.63) is 78.4 Å². The van der Waals surface area contributed by atoms with E-state index in [1.54, 1.807) is 72.8 Å². The predicted octanol–water partition coefficient (Wildman–Crippen LogP) is 10.3. The summed E-state index contributed by atoms with van der Waals surface area (Å²) in [5.74, 6) is -10.5. The Morgan fingerprint density at radius 2 is 1.23 bits per heavy atom. The van der Waals surface area contributed by atoms with Crippen molar-refractivity contribution < 1.29 is 54.5 Å². The molecule has 0 amide bonds. The summed E-state index contributed by atoms with van der Waals surface area (Å²) in [6.07, 6.45) is -0.193. The Balaban J connectivity index is 1.38. The molecule has 0 bridgehead atoms. The second-order valence-electron chi connectivity index (χ2n) is 11.1. The van der Waals surface area contributed by atoms with E-state index in [0.717, 1.165) is 24.0 Å². The van der Waals surface area contributed by atoms with Crippen molar-refractivity contribution in [2.75, 3.05) is 19.8 Å². The molecule has 3 aromatic carbocycles. The first kappa shape index (κ1) is 37.7. The smallest absolute Gasteiger partial charge is 0.459 e. The number of halogens is 7. The van der Waals surface area contributed by atoms with E-state index < -0.39 is 37.2 Å². The van der Waals surface area contributed by atoms with Gasteiger partial charge in [-0.2, -0.15) is 30.7 Å². The number of esters is 1. The Bertz CT molecular complexity index is 1360. The van der Waals surface area contributed by atoms with E-state index in [4.69, 9.17) is 14.2 Å². The predicted molar refractivity (Wildman–Crippen MR) is 164 cm³/mol. The van der Waals surface area contributed by atoms with Crippen LogP contribution >= 0.6 is 0 Å². The van der Waals surface area contributed by atoms with Gasteiger partial charge in [0.15, 0.2) is 0 Å². The lowest BCUT2D eigenvalue weighted by Gasteiger charge is -2.27. The van der Waals surface area contributed by atoms with E-state index >= 15 is 0 Å². The van der Waals surface area contributed by atoms with Gasteiger partial charge in [-0.1, -0.05) is 50.5 Å². The number of hydrogen-bond donors (Lipinski definition) is 0. The van der Waals surface area contributed by atoms with E-state index in [2.05, 4.69) is 11.7 Å². The van der Waals surface area contributed by atoms with Crippen LogP contribution < -0.4 is 14.2 Å². The van der Waals surface area contributed by atoms with Gasteiger partial charge in [-0.15, -0.1) is 0 Å². The number of rotatable bonds is 19. The fraction of sp³-hybridized carbons (Fsp3) is 0.457. The summed E-state index contributed by atoms with van der Waals surface area (Å²) in [6.45, 7) is 1.88. The molecule has 5 nitrogen and oxygen atoms in total. The van der Waals surface area contributed by atoms with Crippen molar-refractivity contribution >= 4 is 5.97 Å². The van der Waals surface area contributed by atoms with E-state index in [1.165, 1.54) is 19.3 Å². The zero-order valence-corrected chi connectivity index (χ0v) is 26.3. The Morgan fingerprint density at radius 3 is 1.81 bits per heavy atom. The lowest BCUT2D eigenvalue weighted by Crippen LogP contribution is -2.54. The molecule has 3 rings (SSSR count). The summed E-state index contributed by atoms with van der Waals surface area (Å²) in [6, 6.07) is 20.8. The quantitative estimate of drug-likeness (QED) is 0.0549. The van der Waals surface area contributed by atoms with Gasteiger partial charge in [0.05, 0.1) is 18.3 Å². The van der Waals surface area contributed by atoms with Gasteiger partial charge in [0.1, 0.15) is 23.9 Å². The molecule has 0 N–H and O–H groups in total. The number of unbranched alkanes of at least 4 members (excludes halogenated alkanes) is 4. The van der Waals surface area contributed by atoms with Crippen LogP contribution in [0.15, 0.2) is 72.8 Å². The van der Waals surface area contributed by atoms with Gasteiger partial charge in [0.2, 0.25) is 0 Å². The summed E-state index contributed by atoms with van der Waals surface area (Å²) in [5, 5.41) is 0. The van der Waals surface area contributed by atoms with Crippen LogP contribution in [0.25, 0.3) is 11.1 Å². The normalized spacial score (nSPS) is 12.9. The Labute approximate surface area is 270 Å². The Morgan fingerprint density at radius 1 is 0.681 bits per heavy atom. The Hall–Kier alpha value is -3.80. The van der Waals surface area contributed by atoms with Crippen LogP contribution in [-0.2, 0) is 4.74 Å². The topological polar surface area (TPSA) is 54.0 Å². The zero-order valence-electron chi connectivity index (χ0n) is 26.3. The lowest BCUT2D eigenvalue weighted by atomic mass is 10.1. The highest BCUT2D eigenvalue weighted by Crippen LogP contribution is 2.46. The first-order chi connectivity index (χ1) is 22.2. The van der Waals surface area contributed by atoms with Gasteiger partial charge >= 0.3 is 24.0 Å². The van der Waals surface area contributed by atoms with Crippen LogP contribution in [-0.4, -0.2) is 49.9 Å². The highest BCUT2D eigenvalue weighted by molar-refractivity contribution is 5.91. The van der Waals surface area contributed by atoms with Gasteiger partial charge in [0, 0.05) is 6.61 Å². The third-order valence-electron chi connectivity index (χ3n) is 7.19. The van der Waals surface area contributed by atoms with Crippen molar-refractivity contribution in [2.24, 2.45) is 0 Å². The van der Waals surface area contributed by atoms with Crippen LogP contribution in [0.5, 0.6) is 17.2 Å². The van der Waals surface area contributed by atoms with E-state index in [9.17, 15) is 35.5 Å². The van der Waals surface area contributed by atoms with Crippen molar-refractivity contribution in [1.29, 1.82) is 0 Å². The van der Waals surface area contributed by atoms with E-state index in [1.807, 2.05) is 6.92 Å². The number of ether oxygens (including phenoxy) is 4. The molecule has 258 valence electrons. The summed E-state index contributed by atoms with van der Waals surface area (Å²) < 4.78 is 110. The molecule has 0 unspecified atom stereocenters. The van der Waals surface area contributed by atoms with Crippen molar-refractivity contribution in [3.8, 4) is 28.4 Å². The van der Waals surface area contributed by atoms with E-state index in [-0.39, 0.29) is 19.1 Å². The minimum atomic E-state index is -6.38. The third-order valence-corrected chi connectivity index (χ3v) is 7.19. The molecule has 0 aliphatic rings. The van der Waals surface area contributed by atoms with E-state index in [0.29, 0.717) is 29.2 Å². The van der Waals surface area contributed by atoms with Gasteiger partial charge in [-0.05, 0) is 92.3 Å².